The third kappa shape index (κ3) is 2.94. The summed E-state index contributed by atoms with van der Waals surface area (Å²) >= 11 is 7.73. The van der Waals surface area contributed by atoms with Crippen LogP contribution in [-0.2, 0) is 17.1 Å². The molecule has 0 radical (unpaired) electrons. The Morgan fingerprint density at radius 1 is 1.25 bits per heavy atom. The molecule has 8 heteroatoms. The monoisotopic (exact) mass is 362 g/mol. The van der Waals surface area contributed by atoms with Crippen molar-refractivity contribution in [3.05, 3.63) is 45.7 Å². The second-order valence-corrected chi connectivity index (χ2v) is 6.98. The van der Waals surface area contributed by atoms with E-state index in [2.05, 4.69) is 15.1 Å². The first-order chi connectivity index (χ1) is 11.6. The fourth-order valence-corrected chi connectivity index (χ4v) is 3.76. The van der Waals surface area contributed by atoms with Gasteiger partial charge in [-0.15, -0.1) is 5.10 Å². The third-order valence-electron chi connectivity index (χ3n) is 3.71. The number of aryl methyl sites for hydroxylation is 2. The number of nitrogens with zero attached hydrogens (tertiary/aromatic N) is 4. The summed E-state index contributed by atoms with van der Waals surface area (Å²) in [6.45, 7) is 4.72. The number of rotatable bonds is 3. The van der Waals surface area contributed by atoms with Gasteiger partial charge in [-0.25, -0.2) is 9.50 Å². The van der Waals surface area contributed by atoms with Crippen molar-refractivity contribution < 1.29 is 9.47 Å². The quantitative estimate of drug-likeness (QED) is 0.664. The maximum absolute atomic E-state index is 6.20. The van der Waals surface area contributed by atoms with Crippen LogP contribution >= 0.6 is 23.4 Å². The molecule has 3 heterocycles. The summed E-state index contributed by atoms with van der Waals surface area (Å²) in [4.78, 5) is 8.90. The van der Waals surface area contributed by atoms with Crippen molar-refractivity contribution in [2.75, 3.05) is 6.79 Å². The Kier molecular flexibility index (Phi) is 4.07. The summed E-state index contributed by atoms with van der Waals surface area (Å²) in [6.07, 6.45) is 0. The SMILES string of the molecule is Cc1cc(C)n2nc(SCc3cc(Cl)cc4c3OCOC4)nc2n1. The average Bonchev–Trinajstić information content (AvgIpc) is 2.95. The summed E-state index contributed by atoms with van der Waals surface area (Å²) in [6, 6.07) is 5.78. The van der Waals surface area contributed by atoms with E-state index in [9.17, 15) is 0 Å². The van der Waals surface area contributed by atoms with Gasteiger partial charge in [0.15, 0.2) is 6.79 Å². The minimum Gasteiger partial charge on any atom is -0.467 e. The summed E-state index contributed by atoms with van der Waals surface area (Å²) in [5, 5.41) is 5.86. The van der Waals surface area contributed by atoms with Crippen molar-refractivity contribution in [3.8, 4) is 5.75 Å². The van der Waals surface area contributed by atoms with Crippen LogP contribution in [0.1, 0.15) is 22.5 Å². The second-order valence-electron chi connectivity index (χ2n) is 5.60. The average molecular weight is 363 g/mol. The Morgan fingerprint density at radius 2 is 2.12 bits per heavy atom. The van der Waals surface area contributed by atoms with Crippen LogP contribution in [-0.4, -0.2) is 26.4 Å². The number of benzene rings is 1. The molecule has 0 atom stereocenters. The zero-order chi connectivity index (χ0) is 16.7. The Morgan fingerprint density at radius 3 is 3.00 bits per heavy atom. The van der Waals surface area contributed by atoms with Crippen LogP contribution in [0.25, 0.3) is 5.78 Å². The molecule has 3 aromatic rings. The number of aromatic nitrogens is 4. The maximum atomic E-state index is 6.20. The number of fused-ring (bicyclic) bond motifs is 2. The number of thioether (sulfide) groups is 1. The van der Waals surface area contributed by atoms with E-state index in [1.807, 2.05) is 32.0 Å². The number of hydrogen-bond donors (Lipinski definition) is 0. The third-order valence-corrected chi connectivity index (χ3v) is 4.81. The van der Waals surface area contributed by atoms with Crippen LogP contribution in [0.2, 0.25) is 5.02 Å². The zero-order valence-corrected chi connectivity index (χ0v) is 14.8. The van der Waals surface area contributed by atoms with Crippen molar-refractivity contribution >= 4 is 29.1 Å². The molecule has 1 aliphatic heterocycles. The van der Waals surface area contributed by atoms with Gasteiger partial charge in [-0.1, -0.05) is 23.4 Å². The lowest BCUT2D eigenvalue weighted by Crippen LogP contribution is -2.12. The minimum atomic E-state index is 0.265. The molecule has 4 rings (SSSR count). The van der Waals surface area contributed by atoms with E-state index < -0.39 is 0 Å². The van der Waals surface area contributed by atoms with E-state index in [1.54, 1.807) is 4.52 Å². The van der Waals surface area contributed by atoms with E-state index in [4.69, 9.17) is 21.1 Å². The van der Waals surface area contributed by atoms with Crippen LogP contribution in [0.3, 0.4) is 0 Å². The second kappa shape index (κ2) is 6.23. The molecular formula is C16H15ClN4O2S. The molecule has 124 valence electrons. The van der Waals surface area contributed by atoms with E-state index >= 15 is 0 Å². The molecule has 0 fully saturated rings. The lowest BCUT2D eigenvalue weighted by atomic mass is 10.1. The Hall–Kier alpha value is -1.83. The first-order valence-corrected chi connectivity index (χ1v) is 8.82. The summed E-state index contributed by atoms with van der Waals surface area (Å²) in [7, 11) is 0. The van der Waals surface area contributed by atoms with Crippen LogP contribution < -0.4 is 4.74 Å². The standard InChI is InChI=1S/C16H15ClN4O2S/c1-9-3-10(2)21-15(18-9)19-16(20-21)24-7-12-5-13(17)4-11-6-22-8-23-14(11)12/h3-5H,6-8H2,1-2H3. The van der Waals surface area contributed by atoms with Gasteiger partial charge in [0.2, 0.25) is 5.16 Å². The van der Waals surface area contributed by atoms with Gasteiger partial charge in [-0.05, 0) is 32.0 Å². The molecule has 0 unspecified atom stereocenters. The maximum Gasteiger partial charge on any atom is 0.253 e. The molecule has 6 nitrogen and oxygen atoms in total. The van der Waals surface area contributed by atoms with Crippen molar-refractivity contribution in [2.45, 2.75) is 31.4 Å². The largest absolute Gasteiger partial charge is 0.467 e. The van der Waals surface area contributed by atoms with Gasteiger partial charge in [0, 0.05) is 33.3 Å². The van der Waals surface area contributed by atoms with Crippen LogP contribution in [0.5, 0.6) is 5.75 Å². The van der Waals surface area contributed by atoms with Crippen molar-refractivity contribution in [3.63, 3.8) is 0 Å². The molecule has 1 aromatic carbocycles. The zero-order valence-electron chi connectivity index (χ0n) is 13.2. The molecule has 0 amide bonds. The van der Waals surface area contributed by atoms with E-state index in [-0.39, 0.29) is 6.79 Å². The number of halogens is 1. The fraction of sp³-hybridized carbons (Fsp3) is 0.312. The predicted molar refractivity (Wildman–Crippen MR) is 91.6 cm³/mol. The van der Waals surface area contributed by atoms with E-state index in [1.165, 1.54) is 11.8 Å². The Labute approximate surface area is 148 Å². The predicted octanol–water partition coefficient (Wildman–Crippen LogP) is 3.55. The van der Waals surface area contributed by atoms with E-state index in [0.29, 0.717) is 28.3 Å². The number of hydrogen-bond acceptors (Lipinski definition) is 6. The minimum absolute atomic E-state index is 0.265. The smallest absolute Gasteiger partial charge is 0.253 e. The molecular weight excluding hydrogens is 348 g/mol. The highest BCUT2D eigenvalue weighted by Crippen LogP contribution is 2.35. The van der Waals surface area contributed by atoms with Gasteiger partial charge >= 0.3 is 0 Å². The van der Waals surface area contributed by atoms with Gasteiger partial charge in [0.1, 0.15) is 5.75 Å². The highest BCUT2D eigenvalue weighted by Gasteiger charge is 2.17. The summed E-state index contributed by atoms with van der Waals surface area (Å²) in [5.74, 6) is 2.14. The molecule has 0 saturated heterocycles. The van der Waals surface area contributed by atoms with Crippen LogP contribution in [0.4, 0.5) is 0 Å². The molecule has 1 aliphatic rings. The lowest BCUT2D eigenvalue weighted by molar-refractivity contribution is -0.0168. The summed E-state index contributed by atoms with van der Waals surface area (Å²) < 4.78 is 12.7. The highest BCUT2D eigenvalue weighted by molar-refractivity contribution is 7.98. The molecule has 0 bridgehead atoms. The van der Waals surface area contributed by atoms with E-state index in [0.717, 1.165) is 28.3 Å². The van der Waals surface area contributed by atoms with Crippen LogP contribution in [0.15, 0.2) is 23.4 Å². The topological polar surface area (TPSA) is 61.5 Å². The molecule has 24 heavy (non-hydrogen) atoms. The van der Waals surface area contributed by atoms with Gasteiger partial charge < -0.3 is 9.47 Å². The van der Waals surface area contributed by atoms with Gasteiger partial charge in [-0.2, -0.15) is 4.98 Å². The van der Waals surface area contributed by atoms with Crippen molar-refractivity contribution in [2.24, 2.45) is 0 Å². The Bertz CT molecular complexity index is 928. The fourth-order valence-electron chi connectivity index (χ4n) is 2.72. The van der Waals surface area contributed by atoms with Gasteiger partial charge in [0.05, 0.1) is 6.61 Å². The molecule has 0 spiro atoms. The first-order valence-electron chi connectivity index (χ1n) is 7.46. The van der Waals surface area contributed by atoms with Crippen molar-refractivity contribution in [1.29, 1.82) is 0 Å². The number of ether oxygens (including phenoxy) is 2. The first kappa shape index (κ1) is 15.7. The molecule has 0 aliphatic carbocycles. The molecule has 0 N–H and O–H groups in total. The molecule has 0 saturated carbocycles. The summed E-state index contributed by atoms with van der Waals surface area (Å²) in [5.41, 5.74) is 3.93. The lowest BCUT2D eigenvalue weighted by Gasteiger charge is -2.20. The normalized spacial score (nSPS) is 13.8. The van der Waals surface area contributed by atoms with Gasteiger partial charge in [-0.3, -0.25) is 0 Å². The van der Waals surface area contributed by atoms with Crippen LogP contribution in [0, 0.1) is 13.8 Å². The van der Waals surface area contributed by atoms with Crippen molar-refractivity contribution in [1.82, 2.24) is 19.6 Å². The Balaban J connectivity index is 1.61. The van der Waals surface area contributed by atoms with Gasteiger partial charge in [0.25, 0.3) is 5.78 Å². The highest BCUT2D eigenvalue weighted by atomic mass is 35.5. The molecule has 2 aromatic heterocycles.